The van der Waals surface area contributed by atoms with Gasteiger partial charge in [0, 0.05) is 19.5 Å². The van der Waals surface area contributed by atoms with Crippen molar-refractivity contribution >= 4 is 18.3 Å². The van der Waals surface area contributed by atoms with Crippen molar-refractivity contribution in [1.29, 1.82) is 0 Å². The minimum absolute atomic E-state index is 0. The molecular weight excluding hydrogens is 385 g/mol. The van der Waals surface area contributed by atoms with E-state index in [0.29, 0.717) is 18.8 Å². The van der Waals surface area contributed by atoms with Crippen LogP contribution in [0.4, 0.5) is 13.2 Å². The number of aryl methyl sites for hydroxylation is 1. The number of amides is 1. The molecule has 1 atom stereocenters. The van der Waals surface area contributed by atoms with Crippen LogP contribution in [0.3, 0.4) is 0 Å². The van der Waals surface area contributed by atoms with Crippen molar-refractivity contribution in [3.05, 3.63) is 23.8 Å². The van der Waals surface area contributed by atoms with E-state index in [9.17, 15) is 18.0 Å². The molecule has 1 heterocycles. The normalized spacial score (nSPS) is 16.8. The molecule has 1 unspecified atom stereocenters. The van der Waals surface area contributed by atoms with Gasteiger partial charge < -0.3 is 19.7 Å². The average Bonchev–Trinajstić information content (AvgIpc) is 3.06. The lowest BCUT2D eigenvalue weighted by Gasteiger charge is -2.17. The summed E-state index contributed by atoms with van der Waals surface area (Å²) in [7, 11) is 3.27. The summed E-state index contributed by atoms with van der Waals surface area (Å²) in [6.45, 7) is 1.08. The van der Waals surface area contributed by atoms with Gasteiger partial charge in [-0.2, -0.15) is 13.2 Å². The number of hydrogen-bond donors (Lipinski definition) is 1. The predicted molar refractivity (Wildman–Crippen MR) is 98.7 cm³/mol. The van der Waals surface area contributed by atoms with Crippen LogP contribution in [0.2, 0.25) is 0 Å². The number of rotatable bonds is 8. The highest BCUT2D eigenvalue weighted by Gasteiger charge is 2.29. The molecule has 0 saturated carbocycles. The van der Waals surface area contributed by atoms with Gasteiger partial charge in [0.25, 0.3) is 0 Å². The van der Waals surface area contributed by atoms with Crippen LogP contribution in [-0.2, 0) is 11.2 Å². The summed E-state index contributed by atoms with van der Waals surface area (Å²) in [5, 5.41) is 3.13. The van der Waals surface area contributed by atoms with Crippen molar-refractivity contribution in [3.8, 4) is 11.5 Å². The van der Waals surface area contributed by atoms with Gasteiger partial charge in [-0.1, -0.05) is 6.07 Å². The van der Waals surface area contributed by atoms with Gasteiger partial charge in [-0.05, 0) is 50.0 Å². The van der Waals surface area contributed by atoms with Gasteiger partial charge >= 0.3 is 6.18 Å². The lowest BCUT2D eigenvalue weighted by atomic mass is 10.1. The van der Waals surface area contributed by atoms with E-state index in [1.54, 1.807) is 12.1 Å². The van der Waals surface area contributed by atoms with Gasteiger partial charge in [0.1, 0.15) is 0 Å². The largest absolute Gasteiger partial charge is 0.493 e. The number of benzene rings is 1. The smallest absolute Gasteiger partial charge is 0.422 e. The van der Waals surface area contributed by atoms with Gasteiger partial charge in [-0.25, -0.2) is 0 Å². The number of alkyl halides is 3. The van der Waals surface area contributed by atoms with Crippen molar-refractivity contribution in [2.24, 2.45) is 5.92 Å². The van der Waals surface area contributed by atoms with E-state index in [2.05, 4.69) is 5.32 Å². The Bertz CT molecular complexity index is 614. The third-order valence-electron chi connectivity index (χ3n) is 4.38. The fourth-order valence-corrected chi connectivity index (χ4v) is 3.07. The fraction of sp³-hybridized carbons (Fsp3) is 0.611. The molecular formula is C18H26ClF3N2O3. The van der Waals surface area contributed by atoms with Gasteiger partial charge in [0.15, 0.2) is 18.1 Å². The predicted octanol–water partition coefficient (Wildman–Crippen LogP) is 3.06. The molecule has 154 valence electrons. The molecule has 0 aromatic heterocycles. The first-order valence-corrected chi connectivity index (χ1v) is 8.61. The molecule has 0 aliphatic carbocycles. The van der Waals surface area contributed by atoms with E-state index in [1.807, 2.05) is 11.9 Å². The monoisotopic (exact) mass is 410 g/mol. The van der Waals surface area contributed by atoms with Crippen LogP contribution in [0.5, 0.6) is 11.5 Å². The average molecular weight is 411 g/mol. The Morgan fingerprint density at radius 2 is 2.07 bits per heavy atom. The third-order valence-corrected chi connectivity index (χ3v) is 4.38. The lowest BCUT2D eigenvalue weighted by Crippen LogP contribution is -2.30. The Morgan fingerprint density at radius 1 is 1.33 bits per heavy atom. The Kier molecular flexibility index (Phi) is 9.18. The molecule has 1 amide bonds. The molecule has 2 rings (SSSR count). The van der Waals surface area contributed by atoms with Crippen LogP contribution < -0.4 is 14.8 Å². The molecule has 9 heteroatoms. The Labute approximate surface area is 163 Å². The zero-order valence-corrected chi connectivity index (χ0v) is 16.3. The highest BCUT2D eigenvalue weighted by Crippen LogP contribution is 2.30. The van der Waals surface area contributed by atoms with E-state index in [-0.39, 0.29) is 29.8 Å². The second kappa shape index (κ2) is 10.6. The van der Waals surface area contributed by atoms with Gasteiger partial charge in [0.05, 0.1) is 7.11 Å². The number of ether oxygens (including phenoxy) is 2. The Hall–Kier alpha value is -1.67. The molecule has 1 saturated heterocycles. The Balaban J connectivity index is 0.00000364. The number of nitrogens with zero attached hydrogens (tertiary/aromatic N) is 1. The quantitative estimate of drug-likeness (QED) is 0.715. The standard InChI is InChI=1S/C18H25F3N2O3.ClH/c1-22-10-14-7-8-23(11-14)17(24)6-4-13-3-5-15(16(9-13)25-2)26-12-18(19,20)21;/h3,5,9,14,22H,4,6-8,10-12H2,1-2H3;1H. The number of hydrogen-bond acceptors (Lipinski definition) is 4. The van der Waals surface area contributed by atoms with Crippen LogP contribution in [-0.4, -0.2) is 57.4 Å². The molecule has 27 heavy (non-hydrogen) atoms. The van der Waals surface area contributed by atoms with E-state index in [0.717, 1.165) is 31.6 Å². The van der Waals surface area contributed by atoms with Crippen LogP contribution >= 0.6 is 12.4 Å². The van der Waals surface area contributed by atoms with E-state index >= 15 is 0 Å². The summed E-state index contributed by atoms with van der Waals surface area (Å²) in [6, 6.07) is 4.73. The molecule has 1 fully saturated rings. The molecule has 0 spiro atoms. The second-order valence-electron chi connectivity index (χ2n) is 6.44. The Morgan fingerprint density at radius 3 is 2.70 bits per heavy atom. The first-order chi connectivity index (χ1) is 12.3. The zero-order valence-electron chi connectivity index (χ0n) is 15.5. The molecule has 1 aliphatic rings. The highest BCUT2D eigenvalue weighted by atomic mass is 35.5. The molecule has 5 nitrogen and oxygen atoms in total. The molecule has 1 aromatic carbocycles. The summed E-state index contributed by atoms with van der Waals surface area (Å²) in [5.74, 6) is 0.859. The fourth-order valence-electron chi connectivity index (χ4n) is 3.07. The van der Waals surface area contributed by atoms with Crippen LogP contribution in [0, 0.1) is 5.92 Å². The second-order valence-corrected chi connectivity index (χ2v) is 6.44. The summed E-state index contributed by atoms with van der Waals surface area (Å²) < 4.78 is 46.7. The first-order valence-electron chi connectivity index (χ1n) is 8.61. The zero-order chi connectivity index (χ0) is 19.2. The van der Waals surface area contributed by atoms with Gasteiger partial charge in [-0.15, -0.1) is 12.4 Å². The minimum atomic E-state index is -4.41. The first kappa shape index (κ1) is 23.4. The van der Waals surface area contributed by atoms with Crippen molar-refractivity contribution in [1.82, 2.24) is 10.2 Å². The molecule has 1 aromatic rings. The maximum absolute atomic E-state index is 12.3. The van der Waals surface area contributed by atoms with Crippen molar-refractivity contribution in [2.75, 3.05) is 40.4 Å². The number of halogens is 4. The number of nitrogens with one attached hydrogen (secondary N) is 1. The lowest BCUT2D eigenvalue weighted by molar-refractivity contribution is -0.153. The summed E-state index contributed by atoms with van der Waals surface area (Å²) in [5.41, 5.74) is 0.820. The highest BCUT2D eigenvalue weighted by molar-refractivity contribution is 5.85. The summed E-state index contributed by atoms with van der Waals surface area (Å²) in [4.78, 5) is 14.2. The number of carbonyl (C=O) groups excluding carboxylic acids is 1. The topological polar surface area (TPSA) is 50.8 Å². The van der Waals surface area contributed by atoms with E-state index in [1.165, 1.54) is 13.2 Å². The maximum Gasteiger partial charge on any atom is 0.422 e. The summed E-state index contributed by atoms with van der Waals surface area (Å²) in [6.07, 6.45) is -2.54. The molecule has 0 bridgehead atoms. The van der Waals surface area contributed by atoms with E-state index in [4.69, 9.17) is 9.47 Å². The van der Waals surface area contributed by atoms with Crippen molar-refractivity contribution < 1.29 is 27.4 Å². The van der Waals surface area contributed by atoms with Crippen molar-refractivity contribution in [3.63, 3.8) is 0 Å². The summed E-state index contributed by atoms with van der Waals surface area (Å²) >= 11 is 0. The van der Waals surface area contributed by atoms with E-state index < -0.39 is 12.8 Å². The number of carbonyl (C=O) groups is 1. The van der Waals surface area contributed by atoms with Crippen LogP contribution in [0.15, 0.2) is 18.2 Å². The number of methoxy groups -OCH3 is 1. The van der Waals surface area contributed by atoms with Crippen LogP contribution in [0.25, 0.3) is 0 Å². The van der Waals surface area contributed by atoms with Gasteiger partial charge in [-0.3, -0.25) is 4.79 Å². The van der Waals surface area contributed by atoms with Crippen molar-refractivity contribution in [2.45, 2.75) is 25.4 Å². The molecule has 1 aliphatic heterocycles. The van der Waals surface area contributed by atoms with Crippen LogP contribution in [0.1, 0.15) is 18.4 Å². The third kappa shape index (κ3) is 7.46. The number of likely N-dealkylation sites (tertiary alicyclic amines) is 1. The molecule has 0 radical (unpaired) electrons. The maximum atomic E-state index is 12.3. The van der Waals surface area contributed by atoms with Gasteiger partial charge in [0.2, 0.25) is 5.91 Å². The SMILES string of the molecule is CNCC1CCN(C(=O)CCc2ccc(OCC(F)(F)F)c(OC)c2)C1.Cl. The molecule has 1 N–H and O–H groups in total. The minimum Gasteiger partial charge on any atom is -0.493 e.